The molecule has 0 fully saturated rings. The van der Waals surface area contributed by atoms with Crippen molar-refractivity contribution in [2.75, 3.05) is 40.8 Å². The second-order valence-corrected chi connectivity index (χ2v) is 6.63. The first-order chi connectivity index (χ1) is 13.9. The molecule has 2 N–H and O–H groups in total. The topological polar surface area (TPSA) is 89.2 Å². The van der Waals surface area contributed by atoms with Gasteiger partial charge in [0.2, 0.25) is 11.5 Å². The summed E-state index contributed by atoms with van der Waals surface area (Å²) in [6.45, 7) is 2.29. The smallest absolute Gasteiger partial charge is 0.207 e. The number of benzene rings is 2. The van der Waals surface area contributed by atoms with Gasteiger partial charge in [0, 0.05) is 11.1 Å². The first-order valence-electron chi connectivity index (χ1n) is 8.72. The van der Waals surface area contributed by atoms with Crippen LogP contribution in [0.3, 0.4) is 0 Å². The summed E-state index contributed by atoms with van der Waals surface area (Å²) >= 11 is 3.36. The Morgan fingerprint density at radius 3 is 2.17 bits per heavy atom. The number of Topliss-reactive ketones (excluding diaryl/α,β-unsaturated/α-hetero) is 1. The van der Waals surface area contributed by atoms with E-state index in [9.17, 15) is 4.79 Å². The van der Waals surface area contributed by atoms with Crippen molar-refractivity contribution in [1.82, 2.24) is 0 Å². The van der Waals surface area contributed by atoms with Crippen LogP contribution >= 0.6 is 15.9 Å². The number of halogens is 1. The maximum Gasteiger partial charge on any atom is 0.207 e. The number of anilines is 1. The quantitative estimate of drug-likeness (QED) is 0.335. The van der Waals surface area contributed by atoms with Crippen LogP contribution in [0.2, 0.25) is 0 Å². The molecule has 156 valence electrons. The number of ketones is 1. The predicted molar refractivity (Wildman–Crippen MR) is 116 cm³/mol. The van der Waals surface area contributed by atoms with Crippen LogP contribution in [0.15, 0.2) is 28.7 Å². The molecule has 29 heavy (non-hydrogen) atoms. The van der Waals surface area contributed by atoms with E-state index >= 15 is 0 Å². The van der Waals surface area contributed by atoms with Gasteiger partial charge in [-0.05, 0) is 53.2 Å². The fourth-order valence-corrected chi connectivity index (χ4v) is 3.24. The van der Waals surface area contributed by atoms with Crippen molar-refractivity contribution in [2.24, 2.45) is 0 Å². The van der Waals surface area contributed by atoms with Crippen molar-refractivity contribution < 1.29 is 28.5 Å². The van der Waals surface area contributed by atoms with Crippen LogP contribution in [0.1, 0.15) is 22.8 Å². The molecule has 0 amide bonds. The Balaban J connectivity index is 2.53. The Bertz CT molecular complexity index is 926. The van der Waals surface area contributed by atoms with Gasteiger partial charge in [0.1, 0.15) is 5.75 Å². The van der Waals surface area contributed by atoms with Gasteiger partial charge < -0.3 is 29.4 Å². The van der Waals surface area contributed by atoms with Crippen LogP contribution in [0, 0.1) is 0 Å². The Hall–Kier alpha value is -2.87. The van der Waals surface area contributed by atoms with Crippen LogP contribution in [-0.2, 0) is 0 Å². The summed E-state index contributed by atoms with van der Waals surface area (Å²) < 4.78 is 27.4. The minimum absolute atomic E-state index is 0.248. The third kappa shape index (κ3) is 4.76. The molecule has 0 aromatic heterocycles. The third-order valence-corrected chi connectivity index (χ3v) is 4.68. The van der Waals surface area contributed by atoms with Gasteiger partial charge in [-0.25, -0.2) is 0 Å². The largest absolute Gasteiger partial charge is 0.493 e. The first-order valence-corrected chi connectivity index (χ1v) is 9.52. The molecule has 0 radical (unpaired) electrons. The lowest BCUT2D eigenvalue weighted by molar-refractivity contribution is 0.104. The molecule has 0 aliphatic carbocycles. The summed E-state index contributed by atoms with van der Waals surface area (Å²) in [7, 11) is 6.02. The van der Waals surface area contributed by atoms with Gasteiger partial charge in [-0.2, -0.15) is 0 Å². The molecule has 8 heteroatoms. The van der Waals surface area contributed by atoms with Crippen LogP contribution in [0.5, 0.6) is 28.7 Å². The summed E-state index contributed by atoms with van der Waals surface area (Å²) in [5.41, 5.74) is 7.35. The lowest BCUT2D eigenvalue weighted by atomic mass is 10.1. The average Bonchev–Trinajstić information content (AvgIpc) is 2.73. The van der Waals surface area contributed by atoms with E-state index in [0.717, 1.165) is 0 Å². The third-order valence-electron chi connectivity index (χ3n) is 4.09. The van der Waals surface area contributed by atoms with Gasteiger partial charge in [0.05, 0.1) is 45.2 Å². The van der Waals surface area contributed by atoms with E-state index in [2.05, 4.69) is 15.9 Å². The molecule has 0 aliphatic heterocycles. The number of carbonyl (C=O) groups is 1. The minimum atomic E-state index is -0.248. The van der Waals surface area contributed by atoms with E-state index < -0.39 is 0 Å². The van der Waals surface area contributed by atoms with Gasteiger partial charge >= 0.3 is 0 Å². The Kier molecular flexibility index (Phi) is 7.78. The van der Waals surface area contributed by atoms with E-state index in [0.29, 0.717) is 56.7 Å². The van der Waals surface area contributed by atoms with E-state index in [1.807, 2.05) is 6.92 Å². The average molecular weight is 466 g/mol. The number of ether oxygens (including phenoxy) is 5. The lowest BCUT2D eigenvalue weighted by Gasteiger charge is -2.17. The van der Waals surface area contributed by atoms with E-state index in [1.165, 1.54) is 28.4 Å². The number of methoxy groups -OCH3 is 4. The molecule has 0 atom stereocenters. The number of nitrogen functional groups attached to an aromatic ring is 1. The zero-order chi connectivity index (χ0) is 21.6. The standard InChI is InChI=1S/C21H24BrNO6/c1-6-29-16-10-12(7-8-15(16)23)18(24)14(22)9-13-11-17(25-2)20(27-4)21(28-5)19(13)26-3/h7-11H,6,23H2,1-5H3. The van der Waals surface area contributed by atoms with E-state index in [4.69, 9.17) is 29.4 Å². The Morgan fingerprint density at radius 1 is 0.966 bits per heavy atom. The summed E-state index contributed by atoms with van der Waals surface area (Å²) in [6.07, 6.45) is 1.63. The number of carbonyl (C=O) groups excluding carboxylic acids is 1. The van der Waals surface area contributed by atoms with Crippen molar-refractivity contribution in [3.8, 4) is 28.7 Å². The van der Waals surface area contributed by atoms with Gasteiger partial charge in [-0.1, -0.05) is 0 Å². The first kappa shape index (κ1) is 22.4. The van der Waals surface area contributed by atoms with E-state index in [-0.39, 0.29) is 5.78 Å². The van der Waals surface area contributed by atoms with Gasteiger partial charge in [0.25, 0.3) is 0 Å². The molecule has 2 aromatic carbocycles. The number of nitrogens with two attached hydrogens (primary N) is 1. The zero-order valence-electron chi connectivity index (χ0n) is 17.0. The van der Waals surface area contributed by atoms with Crippen molar-refractivity contribution in [3.63, 3.8) is 0 Å². The van der Waals surface area contributed by atoms with Crippen LogP contribution < -0.4 is 29.4 Å². The molecular formula is C21H24BrNO6. The zero-order valence-corrected chi connectivity index (χ0v) is 18.6. The molecule has 2 aromatic rings. The summed E-state index contributed by atoms with van der Waals surface area (Å²) in [6, 6.07) is 6.59. The highest BCUT2D eigenvalue weighted by Crippen LogP contribution is 2.47. The number of hydrogen-bond acceptors (Lipinski definition) is 7. The molecule has 0 unspecified atom stereocenters. The second-order valence-electron chi connectivity index (χ2n) is 5.77. The fraction of sp³-hybridized carbons (Fsp3) is 0.286. The van der Waals surface area contributed by atoms with Gasteiger partial charge in [-0.15, -0.1) is 0 Å². The van der Waals surface area contributed by atoms with Crippen LogP contribution in [-0.4, -0.2) is 40.8 Å². The van der Waals surface area contributed by atoms with Crippen molar-refractivity contribution in [3.05, 3.63) is 39.9 Å². The molecule has 0 saturated heterocycles. The van der Waals surface area contributed by atoms with Crippen molar-refractivity contribution in [2.45, 2.75) is 6.92 Å². The van der Waals surface area contributed by atoms with Gasteiger partial charge in [0.15, 0.2) is 17.3 Å². The molecular weight excluding hydrogens is 442 g/mol. The summed E-state index contributed by atoms with van der Waals surface area (Å²) in [4.78, 5) is 12.9. The summed E-state index contributed by atoms with van der Waals surface area (Å²) in [5.74, 6) is 1.81. The SMILES string of the molecule is CCOc1cc(C(=O)C(Br)=Cc2cc(OC)c(OC)c(OC)c2OC)ccc1N. The maximum absolute atomic E-state index is 12.9. The normalized spacial score (nSPS) is 11.0. The van der Waals surface area contributed by atoms with Crippen LogP contribution in [0.25, 0.3) is 6.08 Å². The number of rotatable bonds is 9. The van der Waals surface area contributed by atoms with Crippen LogP contribution in [0.4, 0.5) is 5.69 Å². The van der Waals surface area contributed by atoms with E-state index in [1.54, 1.807) is 30.3 Å². The molecule has 0 saturated carbocycles. The molecule has 0 bridgehead atoms. The number of hydrogen-bond donors (Lipinski definition) is 1. The highest BCUT2D eigenvalue weighted by molar-refractivity contribution is 9.12. The fourth-order valence-electron chi connectivity index (χ4n) is 2.76. The molecule has 0 aliphatic rings. The maximum atomic E-state index is 12.9. The Labute approximate surface area is 178 Å². The molecule has 0 heterocycles. The summed E-state index contributed by atoms with van der Waals surface area (Å²) in [5, 5.41) is 0. The Morgan fingerprint density at radius 2 is 1.62 bits per heavy atom. The predicted octanol–water partition coefficient (Wildman–Crippen LogP) is 4.32. The highest BCUT2D eigenvalue weighted by atomic mass is 79.9. The second kappa shape index (κ2) is 10.1. The van der Waals surface area contributed by atoms with Crippen molar-refractivity contribution >= 4 is 33.5 Å². The minimum Gasteiger partial charge on any atom is -0.493 e. The number of allylic oxidation sites excluding steroid dienone is 1. The molecule has 2 rings (SSSR count). The van der Waals surface area contributed by atoms with Gasteiger partial charge in [-0.3, -0.25) is 4.79 Å². The highest BCUT2D eigenvalue weighted by Gasteiger charge is 2.22. The monoisotopic (exact) mass is 465 g/mol. The van der Waals surface area contributed by atoms with Crippen molar-refractivity contribution in [1.29, 1.82) is 0 Å². The lowest BCUT2D eigenvalue weighted by Crippen LogP contribution is -2.03. The molecule has 7 nitrogen and oxygen atoms in total. The molecule has 0 spiro atoms.